The zero-order valence-corrected chi connectivity index (χ0v) is 17.8. The fourth-order valence-electron chi connectivity index (χ4n) is 2.80. The highest BCUT2D eigenvalue weighted by Gasteiger charge is 2.34. The Balaban J connectivity index is 1.50. The number of thioether (sulfide) groups is 1. The van der Waals surface area contributed by atoms with E-state index in [0.717, 1.165) is 4.90 Å². The first-order valence-corrected chi connectivity index (χ1v) is 10.3. The molecule has 1 heterocycles. The van der Waals surface area contributed by atoms with Crippen LogP contribution < -0.4 is 14.8 Å². The number of benzene rings is 2. The van der Waals surface area contributed by atoms with Crippen molar-refractivity contribution in [2.75, 3.05) is 26.8 Å². The second kappa shape index (κ2) is 10.6. The first kappa shape index (κ1) is 23.0. The normalized spacial score (nSPS) is 14.6. The van der Waals surface area contributed by atoms with E-state index in [9.17, 15) is 23.6 Å². The molecule has 2 aromatic rings. The van der Waals surface area contributed by atoms with Gasteiger partial charge in [-0.2, -0.15) is 0 Å². The molecule has 1 fully saturated rings. The highest BCUT2D eigenvalue weighted by Crippen LogP contribution is 2.32. The Morgan fingerprint density at radius 3 is 2.69 bits per heavy atom. The van der Waals surface area contributed by atoms with Crippen molar-refractivity contribution in [3.05, 3.63) is 64.3 Å². The molecule has 0 saturated carbocycles. The average molecular weight is 458 g/mol. The molecule has 166 valence electrons. The van der Waals surface area contributed by atoms with E-state index in [0.29, 0.717) is 29.4 Å². The number of ether oxygens (including phenoxy) is 2. The number of nitrogens with one attached hydrogen (secondary N) is 1. The summed E-state index contributed by atoms with van der Waals surface area (Å²) in [5.74, 6) is -0.919. The molecule has 1 saturated heterocycles. The molecule has 10 heteroatoms. The van der Waals surface area contributed by atoms with Gasteiger partial charge in [0, 0.05) is 24.2 Å². The molecular weight excluding hydrogens is 439 g/mol. The van der Waals surface area contributed by atoms with Crippen molar-refractivity contribution in [1.82, 2.24) is 10.2 Å². The van der Waals surface area contributed by atoms with Crippen LogP contribution in [0.3, 0.4) is 0 Å². The lowest BCUT2D eigenvalue weighted by molar-refractivity contribution is -0.125. The van der Waals surface area contributed by atoms with Crippen LogP contribution in [0.15, 0.2) is 47.4 Å². The summed E-state index contributed by atoms with van der Waals surface area (Å²) in [5.41, 5.74) is 0.611. The van der Waals surface area contributed by atoms with E-state index in [-0.39, 0.29) is 35.9 Å². The topological polar surface area (TPSA) is 102 Å². The maximum absolute atomic E-state index is 13.8. The minimum Gasteiger partial charge on any atom is -0.493 e. The fourth-order valence-corrected chi connectivity index (χ4v) is 3.66. The van der Waals surface area contributed by atoms with Crippen LogP contribution in [0, 0.1) is 5.82 Å². The van der Waals surface area contributed by atoms with Gasteiger partial charge in [-0.15, -0.1) is 0 Å². The molecule has 1 aliphatic heterocycles. The first-order chi connectivity index (χ1) is 15.4. The van der Waals surface area contributed by atoms with Gasteiger partial charge in [0.25, 0.3) is 17.1 Å². The van der Waals surface area contributed by atoms with Crippen molar-refractivity contribution in [2.24, 2.45) is 0 Å². The quantitative estimate of drug-likeness (QED) is 0.455. The lowest BCUT2D eigenvalue weighted by atomic mass is 10.2. The van der Waals surface area contributed by atoms with E-state index in [1.165, 1.54) is 49.6 Å². The molecule has 0 aliphatic carbocycles. The Kier molecular flexibility index (Phi) is 7.61. The molecule has 8 nitrogen and oxygen atoms in total. The van der Waals surface area contributed by atoms with Crippen molar-refractivity contribution >= 4 is 41.2 Å². The van der Waals surface area contributed by atoms with Gasteiger partial charge in [-0.05, 0) is 42.1 Å². The third-order valence-electron chi connectivity index (χ3n) is 4.41. The van der Waals surface area contributed by atoms with Crippen LogP contribution in [-0.4, -0.2) is 55.0 Å². The molecule has 0 radical (unpaired) electrons. The van der Waals surface area contributed by atoms with Crippen molar-refractivity contribution < 1.29 is 33.0 Å². The summed E-state index contributed by atoms with van der Waals surface area (Å²) in [6, 6.07) is 10.4. The third-order valence-corrected chi connectivity index (χ3v) is 5.31. The number of hydrogen-bond acceptors (Lipinski definition) is 7. The lowest BCUT2D eigenvalue weighted by Gasteiger charge is -2.14. The van der Waals surface area contributed by atoms with Crippen LogP contribution in [0.25, 0.3) is 6.08 Å². The number of hydrogen-bond donors (Lipinski definition) is 1. The summed E-state index contributed by atoms with van der Waals surface area (Å²) in [6.07, 6.45) is 1.99. The molecule has 0 aromatic heterocycles. The Hall–Kier alpha value is -3.66. The van der Waals surface area contributed by atoms with Crippen LogP contribution in [-0.2, 0) is 9.59 Å². The maximum Gasteiger partial charge on any atom is 0.293 e. The highest BCUT2D eigenvalue weighted by molar-refractivity contribution is 8.18. The number of halogens is 1. The number of carbonyl (C=O) groups excluding carboxylic acids is 4. The van der Waals surface area contributed by atoms with Crippen molar-refractivity contribution in [3.63, 3.8) is 0 Å². The van der Waals surface area contributed by atoms with Crippen LogP contribution in [0.5, 0.6) is 11.5 Å². The van der Waals surface area contributed by atoms with Crippen LogP contribution in [0.1, 0.15) is 15.9 Å². The Bertz CT molecular complexity index is 1090. The summed E-state index contributed by atoms with van der Waals surface area (Å²) >= 11 is 0.715. The molecule has 0 spiro atoms. The number of nitrogens with zero attached hydrogens (tertiary/aromatic N) is 1. The van der Waals surface area contributed by atoms with Gasteiger partial charge in [0.15, 0.2) is 18.1 Å². The zero-order chi connectivity index (χ0) is 23.1. The number of imide groups is 1. The molecule has 3 amide bonds. The fraction of sp³-hybridized carbons (Fsp3) is 0.182. The van der Waals surface area contributed by atoms with Crippen molar-refractivity contribution in [2.45, 2.75) is 0 Å². The minimum atomic E-state index is -0.547. The minimum absolute atomic E-state index is 0.0222. The standard InChI is InChI=1S/C22H19FN2O6S/c1-30-18-10-14(12-26)6-7-17(18)31-13-20(27)24-8-9-25-21(28)19(32-22(25)29)11-15-4-2-3-5-16(15)23/h2-7,10-12H,8-9,13H2,1H3,(H,24,27)/b19-11-. The molecule has 0 bridgehead atoms. The van der Waals surface area contributed by atoms with E-state index in [1.807, 2.05) is 0 Å². The van der Waals surface area contributed by atoms with Crippen LogP contribution >= 0.6 is 11.8 Å². The van der Waals surface area contributed by atoms with Gasteiger partial charge >= 0.3 is 0 Å². The maximum atomic E-state index is 13.8. The van der Waals surface area contributed by atoms with Gasteiger partial charge in [0.05, 0.1) is 12.0 Å². The van der Waals surface area contributed by atoms with Crippen molar-refractivity contribution in [1.29, 1.82) is 0 Å². The molecular formula is C22H19FN2O6S. The smallest absolute Gasteiger partial charge is 0.293 e. The second-order valence-corrected chi connectivity index (χ2v) is 7.51. The lowest BCUT2D eigenvalue weighted by Crippen LogP contribution is -2.38. The van der Waals surface area contributed by atoms with E-state index < -0.39 is 22.9 Å². The Morgan fingerprint density at radius 2 is 1.97 bits per heavy atom. The van der Waals surface area contributed by atoms with Crippen LogP contribution in [0.4, 0.5) is 9.18 Å². The van der Waals surface area contributed by atoms with Gasteiger partial charge in [-0.3, -0.25) is 24.1 Å². The third kappa shape index (κ3) is 5.52. The SMILES string of the molecule is COc1cc(C=O)ccc1OCC(=O)NCCN1C(=O)S/C(=C\c2ccccc2F)C1=O. The summed E-state index contributed by atoms with van der Waals surface area (Å²) in [5, 5.41) is 2.06. The molecule has 1 aliphatic rings. The van der Waals surface area contributed by atoms with Gasteiger partial charge in [0.2, 0.25) is 0 Å². The van der Waals surface area contributed by atoms with Gasteiger partial charge in [-0.1, -0.05) is 18.2 Å². The Labute approximate surface area is 187 Å². The summed E-state index contributed by atoms with van der Waals surface area (Å²) in [7, 11) is 1.41. The van der Waals surface area contributed by atoms with E-state index in [4.69, 9.17) is 9.47 Å². The number of methoxy groups -OCH3 is 1. The number of carbonyl (C=O) groups is 4. The monoisotopic (exact) mass is 458 g/mol. The summed E-state index contributed by atoms with van der Waals surface area (Å²) in [4.78, 5) is 48.6. The molecule has 0 unspecified atom stereocenters. The number of amides is 3. The van der Waals surface area contributed by atoms with E-state index >= 15 is 0 Å². The van der Waals surface area contributed by atoms with Gasteiger partial charge in [0.1, 0.15) is 12.1 Å². The second-order valence-electron chi connectivity index (χ2n) is 6.52. The van der Waals surface area contributed by atoms with Gasteiger partial charge in [-0.25, -0.2) is 4.39 Å². The molecule has 3 rings (SSSR count). The largest absolute Gasteiger partial charge is 0.493 e. The first-order valence-electron chi connectivity index (χ1n) is 9.45. The predicted octanol–water partition coefficient (Wildman–Crippen LogP) is 2.88. The molecule has 1 N–H and O–H groups in total. The number of aldehydes is 1. The average Bonchev–Trinajstić information content (AvgIpc) is 3.06. The molecule has 2 aromatic carbocycles. The number of rotatable bonds is 9. The predicted molar refractivity (Wildman–Crippen MR) is 116 cm³/mol. The van der Waals surface area contributed by atoms with Gasteiger partial charge < -0.3 is 14.8 Å². The van der Waals surface area contributed by atoms with E-state index in [1.54, 1.807) is 6.07 Å². The zero-order valence-electron chi connectivity index (χ0n) is 17.0. The van der Waals surface area contributed by atoms with Crippen LogP contribution in [0.2, 0.25) is 0 Å². The molecule has 0 atom stereocenters. The van der Waals surface area contributed by atoms with Crippen molar-refractivity contribution in [3.8, 4) is 11.5 Å². The van der Waals surface area contributed by atoms with E-state index in [2.05, 4.69) is 5.32 Å². The summed E-state index contributed by atoms with van der Waals surface area (Å²) in [6.45, 7) is -0.345. The Morgan fingerprint density at radius 1 is 1.19 bits per heavy atom. The molecule has 32 heavy (non-hydrogen) atoms. The summed E-state index contributed by atoms with van der Waals surface area (Å²) < 4.78 is 24.3. The highest BCUT2D eigenvalue weighted by atomic mass is 32.2.